The minimum Gasteiger partial charge on any atom is -0.106 e. The first-order valence-electron chi connectivity index (χ1n) is 7.02. The molecule has 18 heavy (non-hydrogen) atoms. The van der Waals surface area contributed by atoms with Crippen LogP contribution in [0.5, 0.6) is 0 Å². The van der Waals surface area contributed by atoms with Gasteiger partial charge >= 0.3 is 0 Å². The molecule has 0 aromatic heterocycles. The predicted octanol–water partition coefficient (Wildman–Crippen LogP) is 4.26. The summed E-state index contributed by atoms with van der Waals surface area (Å²) in [4.78, 5) is 0. The Bertz CT molecular complexity index is 405. The summed E-state index contributed by atoms with van der Waals surface area (Å²) in [6.07, 6.45) is 13.2. The maximum atomic E-state index is 5.05. The van der Waals surface area contributed by atoms with Crippen molar-refractivity contribution in [3.05, 3.63) is 0 Å². The summed E-state index contributed by atoms with van der Waals surface area (Å²) in [7, 11) is 0. The summed E-state index contributed by atoms with van der Waals surface area (Å²) >= 11 is 0. The molecule has 0 radical (unpaired) electrons. The van der Waals surface area contributed by atoms with Gasteiger partial charge in [-0.15, -0.1) is 6.42 Å². The highest BCUT2D eigenvalue weighted by molar-refractivity contribution is 5.34. The van der Waals surface area contributed by atoms with E-state index >= 15 is 0 Å². The van der Waals surface area contributed by atoms with Gasteiger partial charge in [0.2, 0.25) is 0 Å². The maximum absolute atomic E-state index is 5.05. The average Bonchev–Trinajstić information content (AvgIpc) is 2.35. The summed E-state index contributed by atoms with van der Waals surface area (Å²) in [5.74, 6) is 14.8. The molecule has 1 rings (SSSR count). The van der Waals surface area contributed by atoms with E-state index in [0.29, 0.717) is 11.3 Å². The van der Waals surface area contributed by atoms with Crippen molar-refractivity contribution < 1.29 is 0 Å². The second-order valence-electron chi connectivity index (χ2n) is 6.09. The highest BCUT2D eigenvalue weighted by Crippen LogP contribution is 2.42. The van der Waals surface area contributed by atoms with E-state index in [1.165, 1.54) is 32.1 Å². The topological polar surface area (TPSA) is 0 Å². The molecule has 0 spiro atoms. The van der Waals surface area contributed by atoms with E-state index in [1.54, 1.807) is 0 Å². The number of terminal acetylenes is 1. The van der Waals surface area contributed by atoms with Gasteiger partial charge in [-0.3, -0.25) is 0 Å². The zero-order valence-corrected chi connectivity index (χ0v) is 12.0. The lowest BCUT2D eigenvalue weighted by atomic mass is 9.67. The van der Waals surface area contributed by atoms with Crippen LogP contribution in [0, 0.1) is 53.3 Å². The summed E-state index contributed by atoms with van der Waals surface area (Å²) in [6.45, 7) is 6.98. The van der Waals surface area contributed by atoms with Crippen LogP contribution < -0.4 is 0 Å². The molecular formula is C18H24. The molecule has 0 aromatic carbocycles. The minimum absolute atomic E-state index is 0.397. The Morgan fingerprint density at radius 3 is 2.39 bits per heavy atom. The van der Waals surface area contributed by atoms with Crippen molar-refractivity contribution in [1.29, 1.82) is 0 Å². The standard InChI is InChI=1S/C18H24/c1-5-6-7-9-12-16(2)15-18(3,4)17-13-10-8-11-14-17/h1,16-17H,8,10-11,13-15H2,2-4H3. The molecular weight excluding hydrogens is 216 g/mol. The molecule has 0 aromatic rings. The van der Waals surface area contributed by atoms with Crippen LogP contribution in [0.25, 0.3) is 0 Å². The van der Waals surface area contributed by atoms with Gasteiger partial charge in [0.15, 0.2) is 0 Å². The van der Waals surface area contributed by atoms with Gasteiger partial charge in [0, 0.05) is 5.92 Å². The number of rotatable bonds is 3. The fourth-order valence-corrected chi connectivity index (χ4v) is 3.12. The van der Waals surface area contributed by atoms with Crippen LogP contribution >= 0.6 is 0 Å². The summed E-state index contributed by atoms with van der Waals surface area (Å²) < 4.78 is 0. The molecule has 1 unspecified atom stereocenters. The van der Waals surface area contributed by atoms with E-state index in [2.05, 4.69) is 50.4 Å². The smallest absolute Gasteiger partial charge is 0.0190 e. The van der Waals surface area contributed by atoms with Gasteiger partial charge in [-0.2, -0.15) is 0 Å². The Balaban J connectivity index is 2.52. The van der Waals surface area contributed by atoms with Gasteiger partial charge in [-0.25, -0.2) is 0 Å². The monoisotopic (exact) mass is 240 g/mol. The molecule has 0 amide bonds. The van der Waals surface area contributed by atoms with Crippen LogP contribution in [0.2, 0.25) is 0 Å². The molecule has 1 saturated carbocycles. The fraction of sp³-hybridized carbons (Fsp3) is 0.667. The molecule has 0 aliphatic heterocycles. The lowest BCUT2D eigenvalue weighted by Gasteiger charge is -2.38. The van der Waals surface area contributed by atoms with E-state index in [4.69, 9.17) is 6.42 Å². The summed E-state index contributed by atoms with van der Waals surface area (Å²) in [6, 6.07) is 0. The van der Waals surface area contributed by atoms with Crippen LogP contribution in [-0.2, 0) is 0 Å². The molecule has 96 valence electrons. The lowest BCUT2D eigenvalue weighted by molar-refractivity contribution is 0.135. The van der Waals surface area contributed by atoms with Gasteiger partial charge in [0.1, 0.15) is 0 Å². The van der Waals surface area contributed by atoms with Crippen LogP contribution in [0.1, 0.15) is 59.3 Å². The highest BCUT2D eigenvalue weighted by Gasteiger charge is 2.31. The molecule has 0 bridgehead atoms. The number of hydrogen-bond acceptors (Lipinski definition) is 0. The second kappa shape index (κ2) is 7.19. The molecule has 0 heterocycles. The van der Waals surface area contributed by atoms with Crippen molar-refractivity contribution in [2.45, 2.75) is 59.3 Å². The molecule has 1 fully saturated rings. The first kappa shape index (κ1) is 14.7. The highest BCUT2D eigenvalue weighted by atomic mass is 14.4. The molecule has 1 atom stereocenters. The molecule has 0 N–H and O–H groups in total. The predicted molar refractivity (Wildman–Crippen MR) is 78.5 cm³/mol. The third-order valence-corrected chi connectivity index (χ3v) is 4.06. The van der Waals surface area contributed by atoms with Crippen molar-refractivity contribution in [2.24, 2.45) is 17.3 Å². The third-order valence-electron chi connectivity index (χ3n) is 4.06. The first-order valence-corrected chi connectivity index (χ1v) is 7.02. The van der Waals surface area contributed by atoms with Crippen molar-refractivity contribution in [3.8, 4) is 36.0 Å². The van der Waals surface area contributed by atoms with Gasteiger partial charge < -0.3 is 0 Å². The normalized spacial score (nSPS) is 17.7. The largest absolute Gasteiger partial charge is 0.106 e. The average molecular weight is 240 g/mol. The Morgan fingerprint density at radius 2 is 1.78 bits per heavy atom. The van der Waals surface area contributed by atoms with Crippen molar-refractivity contribution in [3.63, 3.8) is 0 Å². The van der Waals surface area contributed by atoms with E-state index < -0.39 is 0 Å². The second-order valence-corrected chi connectivity index (χ2v) is 6.09. The Labute approximate surface area is 113 Å². The summed E-state index contributed by atoms with van der Waals surface area (Å²) in [5.41, 5.74) is 0.397. The third kappa shape index (κ3) is 4.90. The van der Waals surface area contributed by atoms with Crippen LogP contribution in [0.15, 0.2) is 0 Å². The summed E-state index contributed by atoms with van der Waals surface area (Å²) in [5, 5.41) is 0. The zero-order valence-electron chi connectivity index (χ0n) is 12.0. The molecule has 0 saturated heterocycles. The van der Waals surface area contributed by atoms with Gasteiger partial charge in [-0.05, 0) is 54.3 Å². The van der Waals surface area contributed by atoms with E-state index in [0.717, 1.165) is 12.3 Å². The Hall–Kier alpha value is -1.32. The van der Waals surface area contributed by atoms with Gasteiger partial charge in [0.25, 0.3) is 0 Å². The minimum atomic E-state index is 0.397. The molecule has 1 aliphatic carbocycles. The van der Waals surface area contributed by atoms with Crippen LogP contribution in [0.3, 0.4) is 0 Å². The Kier molecular flexibility index (Phi) is 5.89. The first-order chi connectivity index (χ1) is 8.56. The van der Waals surface area contributed by atoms with Crippen molar-refractivity contribution >= 4 is 0 Å². The zero-order chi connectivity index (χ0) is 13.4. The lowest BCUT2D eigenvalue weighted by Crippen LogP contribution is -2.27. The number of hydrogen-bond donors (Lipinski definition) is 0. The van der Waals surface area contributed by atoms with Gasteiger partial charge in [0.05, 0.1) is 0 Å². The van der Waals surface area contributed by atoms with Crippen molar-refractivity contribution in [1.82, 2.24) is 0 Å². The molecule has 0 heteroatoms. The fourth-order valence-electron chi connectivity index (χ4n) is 3.12. The SMILES string of the molecule is C#CC#CC#CC(C)CC(C)(C)C1CCCCC1. The maximum Gasteiger partial charge on any atom is 0.0190 e. The van der Waals surface area contributed by atoms with Gasteiger partial charge in [-0.1, -0.05) is 46.0 Å². The van der Waals surface area contributed by atoms with Crippen LogP contribution in [-0.4, -0.2) is 0 Å². The quantitative estimate of drug-likeness (QED) is 0.647. The van der Waals surface area contributed by atoms with E-state index in [-0.39, 0.29) is 0 Å². The molecule has 1 aliphatic rings. The Morgan fingerprint density at radius 1 is 1.11 bits per heavy atom. The molecule has 0 nitrogen and oxygen atoms in total. The van der Waals surface area contributed by atoms with E-state index in [1.807, 2.05) is 0 Å². The van der Waals surface area contributed by atoms with E-state index in [9.17, 15) is 0 Å². The van der Waals surface area contributed by atoms with Crippen molar-refractivity contribution in [2.75, 3.05) is 0 Å². The van der Waals surface area contributed by atoms with Crippen LogP contribution in [0.4, 0.5) is 0 Å².